The van der Waals surface area contributed by atoms with Crippen molar-refractivity contribution in [2.24, 2.45) is 0 Å². The van der Waals surface area contributed by atoms with Gasteiger partial charge in [0, 0.05) is 0 Å². The molecule has 0 atom stereocenters. The molecule has 0 amide bonds. The van der Waals surface area contributed by atoms with Gasteiger partial charge in [-0.2, -0.15) is 0 Å². The quantitative estimate of drug-likeness (QED) is 0.343. The molecule has 0 aromatic carbocycles. The maximum absolute atomic E-state index is 5.76. The van der Waals surface area contributed by atoms with E-state index in [2.05, 4.69) is 20.8 Å². The molecule has 130 valence electrons. The number of hydrogen-bond donors (Lipinski definition) is 0. The van der Waals surface area contributed by atoms with Gasteiger partial charge in [0.2, 0.25) is 0 Å². The van der Waals surface area contributed by atoms with E-state index in [-0.39, 0.29) is 0 Å². The standard InChI is InChI=1S/C16H39O3PSi/c1-7-10-13-20(14-11-8-2,15-12-9-3)16-21(17-4,18-5)19-6/h20H,7-16H2,1-6H3. The average Bonchev–Trinajstić information content (AvgIpc) is 2.54. The van der Waals surface area contributed by atoms with Gasteiger partial charge in [-0.1, -0.05) is 0 Å². The fourth-order valence-electron chi connectivity index (χ4n) is 3.22. The van der Waals surface area contributed by atoms with Crippen LogP contribution < -0.4 is 0 Å². The summed E-state index contributed by atoms with van der Waals surface area (Å²) in [5.41, 5.74) is 0. The molecular weight excluding hydrogens is 299 g/mol. The molecule has 3 nitrogen and oxygen atoms in total. The van der Waals surface area contributed by atoms with E-state index in [9.17, 15) is 0 Å². The Morgan fingerprint density at radius 2 is 1.00 bits per heavy atom. The molecule has 0 saturated heterocycles. The Kier molecular flexibility index (Phi) is 12.3. The number of rotatable bonds is 14. The minimum atomic E-state index is -2.44. The summed E-state index contributed by atoms with van der Waals surface area (Å²) in [6, 6.07) is 0. The van der Waals surface area contributed by atoms with Crippen molar-refractivity contribution in [2.75, 3.05) is 45.6 Å². The Labute approximate surface area is 134 Å². The summed E-state index contributed by atoms with van der Waals surface area (Å²) in [4.78, 5) is 0. The van der Waals surface area contributed by atoms with E-state index in [0.29, 0.717) is 0 Å². The predicted molar refractivity (Wildman–Crippen MR) is 99.3 cm³/mol. The van der Waals surface area contributed by atoms with Crippen molar-refractivity contribution in [3.05, 3.63) is 0 Å². The first-order valence-corrected chi connectivity index (χ1v) is 13.5. The van der Waals surface area contributed by atoms with Crippen molar-refractivity contribution >= 4 is 16.1 Å². The van der Waals surface area contributed by atoms with Gasteiger partial charge in [0.15, 0.2) is 0 Å². The number of unbranched alkanes of at least 4 members (excludes halogenated alkanes) is 3. The van der Waals surface area contributed by atoms with E-state index in [0.717, 1.165) is 5.79 Å². The molecule has 0 rings (SSSR count). The first-order valence-electron chi connectivity index (χ1n) is 8.73. The maximum atomic E-state index is 5.76. The van der Waals surface area contributed by atoms with Crippen LogP contribution in [0.4, 0.5) is 0 Å². The van der Waals surface area contributed by atoms with Crippen LogP contribution in [0.25, 0.3) is 0 Å². The van der Waals surface area contributed by atoms with Gasteiger partial charge in [-0.3, -0.25) is 0 Å². The topological polar surface area (TPSA) is 27.7 Å². The molecule has 0 fully saturated rings. The third kappa shape index (κ3) is 7.56. The van der Waals surface area contributed by atoms with Crippen LogP contribution in [0.3, 0.4) is 0 Å². The average molecular weight is 339 g/mol. The van der Waals surface area contributed by atoms with Crippen LogP contribution in [-0.4, -0.2) is 54.4 Å². The minimum absolute atomic E-state index is 1.10. The van der Waals surface area contributed by atoms with Crippen molar-refractivity contribution in [2.45, 2.75) is 59.3 Å². The second kappa shape index (κ2) is 12.0. The SMILES string of the molecule is CCCC[PH](CCCC)(CCCC)C[Si](OC)(OC)OC. The second-order valence-corrected chi connectivity index (χ2v) is 14.8. The molecule has 0 heterocycles. The van der Waals surface area contributed by atoms with Crippen LogP contribution in [0.2, 0.25) is 0 Å². The first-order chi connectivity index (χ1) is 10.1. The Balaban J connectivity index is 5.17. The zero-order valence-corrected chi connectivity index (χ0v) is 17.3. The van der Waals surface area contributed by atoms with Gasteiger partial charge in [0.25, 0.3) is 0 Å². The van der Waals surface area contributed by atoms with E-state index in [1.54, 1.807) is 21.3 Å². The van der Waals surface area contributed by atoms with Crippen molar-refractivity contribution in [3.8, 4) is 0 Å². The molecule has 0 aromatic rings. The van der Waals surface area contributed by atoms with Gasteiger partial charge in [0.1, 0.15) is 0 Å². The van der Waals surface area contributed by atoms with E-state index < -0.39 is 16.1 Å². The summed E-state index contributed by atoms with van der Waals surface area (Å²) < 4.78 is 17.3. The molecule has 0 aromatic heterocycles. The molecular formula is C16H39O3PSi. The normalized spacial score (nSPS) is 13.6. The molecule has 5 heteroatoms. The van der Waals surface area contributed by atoms with Crippen molar-refractivity contribution in [3.63, 3.8) is 0 Å². The van der Waals surface area contributed by atoms with Gasteiger partial charge in [-0.05, 0) is 0 Å². The Morgan fingerprint density at radius 3 is 1.24 bits per heavy atom. The van der Waals surface area contributed by atoms with Crippen LogP contribution in [0, 0.1) is 0 Å². The zero-order chi connectivity index (χ0) is 16.2. The summed E-state index contributed by atoms with van der Waals surface area (Å²) in [5, 5.41) is 0. The molecule has 0 radical (unpaired) electrons. The number of hydrogen-bond acceptors (Lipinski definition) is 3. The molecule has 0 aliphatic heterocycles. The van der Waals surface area contributed by atoms with Gasteiger partial charge in [0.05, 0.1) is 0 Å². The fourth-order valence-corrected chi connectivity index (χ4v) is 15.3. The zero-order valence-electron chi connectivity index (χ0n) is 15.3. The summed E-state index contributed by atoms with van der Waals surface area (Å²) in [6.07, 6.45) is 12.1. The molecule has 0 N–H and O–H groups in total. The third-order valence-electron chi connectivity index (χ3n) is 4.71. The Morgan fingerprint density at radius 1 is 0.667 bits per heavy atom. The van der Waals surface area contributed by atoms with Crippen molar-refractivity contribution in [1.29, 1.82) is 0 Å². The van der Waals surface area contributed by atoms with Crippen LogP contribution in [0.5, 0.6) is 0 Å². The van der Waals surface area contributed by atoms with Crippen molar-refractivity contribution in [1.82, 2.24) is 0 Å². The van der Waals surface area contributed by atoms with Crippen LogP contribution in [0.1, 0.15) is 59.3 Å². The van der Waals surface area contributed by atoms with Gasteiger partial charge in [-0.25, -0.2) is 0 Å². The summed E-state index contributed by atoms with van der Waals surface area (Å²) in [5.74, 6) is 1.10. The molecule has 0 aliphatic carbocycles. The van der Waals surface area contributed by atoms with E-state index in [1.165, 1.54) is 57.0 Å². The Hall–Kier alpha value is 0.527. The summed E-state index contributed by atoms with van der Waals surface area (Å²) >= 11 is 0. The van der Waals surface area contributed by atoms with Crippen molar-refractivity contribution < 1.29 is 13.3 Å². The predicted octanol–water partition coefficient (Wildman–Crippen LogP) is 4.55. The first kappa shape index (κ1) is 21.5. The van der Waals surface area contributed by atoms with Gasteiger partial charge >= 0.3 is 134 Å². The second-order valence-electron chi connectivity index (χ2n) is 6.28. The third-order valence-corrected chi connectivity index (χ3v) is 15.5. The van der Waals surface area contributed by atoms with E-state index in [4.69, 9.17) is 13.3 Å². The molecule has 0 unspecified atom stereocenters. The molecule has 21 heavy (non-hydrogen) atoms. The van der Waals surface area contributed by atoms with Gasteiger partial charge in [-0.15, -0.1) is 0 Å². The van der Waals surface area contributed by atoms with Crippen LogP contribution in [0.15, 0.2) is 0 Å². The monoisotopic (exact) mass is 338 g/mol. The Bertz CT molecular complexity index is 218. The van der Waals surface area contributed by atoms with E-state index >= 15 is 0 Å². The van der Waals surface area contributed by atoms with Crippen LogP contribution in [-0.2, 0) is 13.3 Å². The van der Waals surface area contributed by atoms with Gasteiger partial charge < -0.3 is 0 Å². The molecule has 0 spiro atoms. The summed E-state index contributed by atoms with van der Waals surface area (Å²) in [7, 11) is 1.47. The van der Waals surface area contributed by atoms with Crippen LogP contribution >= 0.6 is 7.26 Å². The molecule has 0 aliphatic rings. The molecule has 0 saturated carbocycles. The molecule has 0 bridgehead atoms. The summed E-state index contributed by atoms with van der Waals surface area (Å²) in [6.45, 7) is 6.89. The fraction of sp³-hybridized carbons (Fsp3) is 1.00. The van der Waals surface area contributed by atoms with E-state index in [1.807, 2.05) is 0 Å².